The van der Waals surface area contributed by atoms with Gasteiger partial charge >= 0.3 is 0 Å². The third kappa shape index (κ3) is 4.79. The standard InChI is InChI=1S/C60H58BN3/c1-39-34-40(2)54-56-53(39)58(4)31-16-18-33-60(58,6)64(56)52-38-46(63-49-27-14-13-26-47(49)57(3)30-15-17-32-59(57,63)5)37-51-55(52)61(54)48-29-28-44(42-22-11-8-12-23-42)36-50(48)62(51)45-25-19-24-43(35-45)41-20-9-7-10-21-41/h7-14,19-29,34-38H,15-18,30-33H2,1-6H3. The van der Waals surface area contributed by atoms with Crippen LogP contribution in [0.2, 0.25) is 0 Å². The molecule has 13 rings (SSSR count). The molecular formula is C60H58BN3. The van der Waals surface area contributed by atoms with Gasteiger partial charge in [-0.25, -0.2) is 0 Å². The van der Waals surface area contributed by atoms with Crippen molar-refractivity contribution in [1.29, 1.82) is 0 Å². The fraction of sp³-hybridized carbons (Fsp3) is 0.300. The van der Waals surface area contributed by atoms with Crippen LogP contribution in [0.3, 0.4) is 0 Å². The second-order valence-electron chi connectivity index (χ2n) is 21.2. The first-order valence-corrected chi connectivity index (χ1v) is 24.2. The van der Waals surface area contributed by atoms with E-state index < -0.39 is 0 Å². The lowest BCUT2D eigenvalue weighted by Crippen LogP contribution is -2.65. The number of para-hydroxylation sites is 1. The molecule has 0 spiro atoms. The summed E-state index contributed by atoms with van der Waals surface area (Å²) in [4.78, 5) is 8.45. The van der Waals surface area contributed by atoms with Crippen LogP contribution in [-0.4, -0.2) is 17.8 Å². The SMILES string of the molecule is Cc1cc(C)c2c3c1B1c4ccc(-c5ccccc5)cc4N(c4cccc(-c5ccccc5)c4)c4cc(N5c6ccccc6C6(C)CCCCC56C)cc(c41)N3C1(C)CCCCC21C. The Kier molecular flexibility index (Phi) is 7.98. The van der Waals surface area contributed by atoms with Gasteiger partial charge in [-0.1, -0.05) is 154 Å². The maximum atomic E-state index is 2.95. The van der Waals surface area contributed by atoms with Crippen molar-refractivity contribution in [3.8, 4) is 22.3 Å². The largest absolute Gasteiger partial charge is 0.335 e. The summed E-state index contributed by atoms with van der Waals surface area (Å²) in [6, 6.07) is 56.0. The van der Waals surface area contributed by atoms with Crippen molar-refractivity contribution in [3.63, 3.8) is 0 Å². The number of hydrogen-bond donors (Lipinski definition) is 0. The zero-order valence-corrected chi connectivity index (χ0v) is 38.4. The van der Waals surface area contributed by atoms with E-state index in [4.69, 9.17) is 0 Å². The number of rotatable bonds is 4. The molecule has 0 saturated heterocycles. The third-order valence-electron chi connectivity index (χ3n) is 18.1. The Morgan fingerprint density at radius 3 is 1.78 bits per heavy atom. The Balaban J connectivity index is 1.17. The van der Waals surface area contributed by atoms with Crippen LogP contribution in [0.25, 0.3) is 22.3 Å². The van der Waals surface area contributed by atoms with Crippen LogP contribution in [-0.2, 0) is 10.8 Å². The van der Waals surface area contributed by atoms with Gasteiger partial charge in [0.1, 0.15) is 0 Å². The minimum atomic E-state index is -0.0699. The molecule has 2 aliphatic carbocycles. The Morgan fingerprint density at radius 2 is 1.05 bits per heavy atom. The molecule has 2 fully saturated rings. The number of benzene rings is 7. The molecule has 4 atom stereocenters. The van der Waals surface area contributed by atoms with Crippen LogP contribution in [0.4, 0.5) is 39.8 Å². The van der Waals surface area contributed by atoms with E-state index in [2.05, 4.69) is 202 Å². The highest BCUT2D eigenvalue weighted by atomic mass is 15.3. The molecule has 7 aromatic rings. The summed E-state index contributed by atoms with van der Waals surface area (Å²) in [6.07, 6.45) is 9.85. The van der Waals surface area contributed by atoms with Crippen molar-refractivity contribution in [3.05, 3.63) is 168 Å². The van der Waals surface area contributed by atoms with Crippen molar-refractivity contribution in [2.45, 2.75) is 115 Å². The first kappa shape index (κ1) is 38.5. The van der Waals surface area contributed by atoms with E-state index >= 15 is 0 Å². The average Bonchev–Trinajstić information content (AvgIpc) is 3.67. The first-order valence-electron chi connectivity index (χ1n) is 24.2. The number of aryl methyl sites for hydroxylation is 2. The highest BCUT2D eigenvalue weighted by Crippen LogP contribution is 2.65. The van der Waals surface area contributed by atoms with Gasteiger partial charge in [-0.15, -0.1) is 0 Å². The highest BCUT2D eigenvalue weighted by molar-refractivity contribution is 7.00. The van der Waals surface area contributed by atoms with Gasteiger partial charge in [-0.3, -0.25) is 0 Å². The summed E-state index contributed by atoms with van der Waals surface area (Å²) in [5, 5.41) is 0. The predicted molar refractivity (Wildman–Crippen MR) is 272 cm³/mol. The van der Waals surface area contributed by atoms with E-state index in [-0.39, 0.29) is 28.6 Å². The van der Waals surface area contributed by atoms with Gasteiger partial charge in [0.25, 0.3) is 6.71 Å². The van der Waals surface area contributed by atoms with Crippen molar-refractivity contribution in [2.24, 2.45) is 0 Å². The van der Waals surface area contributed by atoms with Gasteiger partial charge in [0.05, 0.1) is 11.1 Å². The Bertz CT molecular complexity index is 3080. The average molecular weight is 832 g/mol. The van der Waals surface area contributed by atoms with Crippen molar-refractivity contribution >= 4 is 62.9 Å². The number of hydrogen-bond acceptors (Lipinski definition) is 3. The maximum absolute atomic E-state index is 2.95. The molecule has 0 aromatic heterocycles. The lowest BCUT2D eigenvalue weighted by Gasteiger charge is -2.54. The lowest BCUT2D eigenvalue weighted by molar-refractivity contribution is 0.193. The summed E-state index contributed by atoms with van der Waals surface area (Å²) in [6.45, 7) is 15.4. The van der Waals surface area contributed by atoms with E-state index in [1.807, 2.05) is 0 Å². The second-order valence-corrected chi connectivity index (χ2v) is 21.2. The van der Waals surface area contributed by atoms with Crippen molar-refractivity contribution in [2.75, 3.05) is 14.7 Å². The monoisotopic (exact) mass is 831 g/mol. The van der Waals surface area contributed by atoms with E-state index in [1.54, 1.807) is 5.56 Å². The molecule has 316 valence electrons. The predicted octanol–water partition coefficient (Wildman–Crippen LogP) is 13.7. The van der Waals surface area contributed by atoms with E-state index in [0.717, 1.165) is 0 Å². The van der Waals surface area contributed by atoms with E-state index in [9.17, 15) is 0 Å². The molecule has 0 N–H and O–H groups in total. The summed E-state index contributed by atoms with van der Waals surface area (Å²) in [5.74, 6) is 0. The van der Waals surface area contributed by atoms with Gasteiger partial charge in [0, 0.05) is 50.6 Å². The third-order valence-corrected chi connectivity index (χ3v) is 18.1. The Morgan fingerprint density at radius 1 is 0.438 bits per heavy atom. The number of anilines is 7. The zero-order valence-electron chi connectivity index (χ0n) is 38.4. The van der Waals surface area contributed by atoms with Gasteiger partial charge < -0.3 is 14.7 Å². The highest BCUT2D eigenvalue weighted by Gasteiger charge is 2.63. The Labute approximate surface area is 380 Å². The lowest BCUT2D eigenvalue weighted by atomic mass is 9.32. The molecule has 4 heterocycles. The molecule has 0 bridgehead atoms. The van der Waals surface area contributed by atoms with Gasteiger partial charge in [0.15, 0.2) is 0 Å². The summed E-state index contributed by atoms with van der Waals surface area (Å²) in [7, 11) is 0. The molecule has 2 saturated carbocycles. The van der Waals surface area contributed by atoms with Gasteiger partial charge in [0.2, 0.25) is 0 Å². The van der Waals surface area contributed by atoms with Crippen LogP contribution in [0.1, 0.15) is 101 Å². The van der Waals surface area contributed by atoms with Crippen LogP contribution in [0.5, 0.6) is 0 Å². The smallest absolute Gasteiger partial charge is 0.252 e. The number of nitrogens with zero attached hydrogens (tertiary/aromatic N) is 3. The normalized spacial score (nSPS) is 25.6. The summed E-state index contributed by atoms with van der Waals surface area (Å²) < 4.78 is 0. The zero-order chi connectivity index (χ0) is 43.3. The minimum Gasteiger partial charge on any atom is -0.335 e. The molecule has 4 heteroatoms. The molecule has 7 aromatic carbocycles. The summed E-state index contributed by atoms with van der Waals surface area (Å²) >= 11 is 0. The molecule has 64 heavy (non-hydrogen) atoms. The van der Waals surface area contributed by atoms with Crippen LogP contribution < -0.4 is 31.1 Å². The molecule has 4 unspecified atom stereocenters. The second kappa shape index (κ2) is 13.3. The van der Waals surface area contributed by atoms with Crippen LogP contribution in [0.15, 0.2) is 146 Å². The van der Waals surface area contributed by atoms with Crippen LogP contribution in [0, 0.1) is 13.8 Å². The summed E-state index contributed by atoms with van der Waals surface area (Å²) in [5.41, 5.74) is 24.7. The molecule has 0 radical (unpaired) electrons. The Hall–Kier alpha value is -6.00. The van der Waals surface area contributed by atoms with E-state index in [1.165, 1.54) is 147 Å². The molecule has 3 nitrogen and oxygen atoms in total. The van der Waals surface area contributed by atoms with Crippen molar-refractivity contribution in [1.82, 2.24) is 0 Å². The van der Waals surface area contributed by atoms with Gasteiger partial charge in [-0.05, 0) is 145 Å². The first-order chi connectivity index (χ1) is 31.1. The molecule has 0 amide bonds. The maximum Gasteiger partial charge on any atom is 0.252 e. The minimum absolute atomic E-state index is 0.0291. The number of fused-ring (bicyclic) bond motifs is 10. The topological polar surface area (TPSA) is 9.72 Å². The molecule has 6 aliphatic rings. The molecule has 4 aliphatic heterocycles. The molecular weight excluding hydrogens is 773 g/mol. The van der Waals surface area contributed by atoms with E-state index in [0.29, 0.717) is 0 Å². The van der Waals surface area contributed by atoms with Gasteiger partial charge in [-0.2, -0.15) is 0 Å². The van der Waals surface area contributed by atoms with Crippen LogP contribution >= 0.6 is 0 Å². The fourth-order valence-corrected chi connectivity index (χ4v) is 14.8. The fourth-order valence-electron chi connectivity index (χ4n) is 14.8. The van der Waals surface area contributed by atoms with Crippen molar-refractivity contribution < 1.29 is 0 Å². The quantitative estimate of drug-likeness (QED) is 0.164.